The number of rotatable bonds is 7. The summed E-state index contributed by atoms with van der Waals surface area (Å²) >= 11 is 0. The third-order valence-corrected chi connectivity index (χ3v) is 4.23. The number of carbonyl (C=O) groups is 1. The summed E-state index contributed by atoms with van der Waals surface area (Å²) in [4.78, 5) is 16.9. The van der Waals surface area contributed by atoms with E-state index in [9.17, 15) is 4.79 Å². The number of benzene rings is 2. The van der Waals surface area contributed by atoms with Crippen LogP contribution in [-0.2, 0) is 6.54 Å². The van der Waals surface area contributed by atoms with Gasteiger partial charge in [-0.25, -0.2) is 0 Å². The molecule has 0 aliphatic rings. The van der Waals surface area contributed by atoms with Gasteiger partial charge in [-0.15, -0.1) is 0 Å². The first kappa shape index (κ1) is 19.4. The average Bonchev–Trinajstić information content (AvgIpc) is 2.69. The molecule has 5 heteroatoms. The van der Waals surface area contributed by atoms with Crippen LogP contribution in [0.1, 0.15) is 35.5 Å². The molecule has 0 aliphatic carbocycles. The van der Waals surface area contributed by atoms with Crippen LogP contribution in [0, 0.1) is 6.92 Å². The fourth-order valence-electron chi connectivity index (χ4n) is 2.78. The highest BCUT2D eigenvalue weighted by Gasteiger charge is 2.12. The molecule has 0 radical (unpaired) electrons. The average molecular weight is 375 g/mol. The third kappa shape index (κ3) is 5.10. The van der Waals surface area contributed by atoms with Crippen LogP contribution in [0.4, 0.5) is 11.4 Å². The number of hydrogen-bond donors (Lipinski definition) is 2. The van der Waals surface area contributed by atoms with E-state index < -0.39 is 0 Å². The molecule has 1 amide bonds. The summed E-state index contributed by atoms with van der Waals surface area (Å²) in [6, 6.07) is 19.2. The topological polar surface area (TPSA) is 63.2 Å². The molecule has 0 unspecified atom stereocenters. The number of aryl methyl sites for hydroxylation is 1. The second kappa shape index (κ2) is 9.04. The van der Waals surface area contributed by atoms with Crippen LogP contribution in [0.2, 0.25) is 0 Å². The van der Waals surface area contributed by atoms with Crippen LogP contribution in [0.15, 0.2) is 66.9 Å². The number of aromatic nitrogens is 1. The van der Waals surface area contributed by atoms with E-state index in [-0.39, 0.29) is 12.0 Å². The molecule has 0 saturated carbocycles. The number of hydrogen-bond acceptors (Lipinski definition) is 4. The van der Waals surface area contributed by atoms with Crippen LogP contribution in [-0.4, -0.2) is 17.0 Å². The Hall–Kier alpha value is -3.34. The van der Waals surface area contributed by atoms with Gasteiger partial charge in [-0.3, -0.25) is 9.78 Å². The minimum atomic E-state index is -0.278. The predicted octanol–water partition coefficient (Wildman–Crippen LogP) is 5.04. The minimum Gasteiger partial charge on any atom is -0.489 e. The number of carbonyl (C=O) groups excluding carboxylic acids is 1. The summed E-state index contributed by atoms with van der Waals surface area (Å²) < 4.78 is 5.76. The lowest BCUT2D eigenvalue weighted by molar-refractivity contribution is 0.102. The lowest BCUT2D eigenvalue weighted by atomic mass is 10.1. The smallest absolute Gasteiger partial charge is 0.274 e. The normalized spacial score (nSPS) is 10.6. The zero-order valence-electron chi connectivity index (χ0n) is 16.4. The van der Waals surface area contributed by atoms with Gasteiger partial charge in [0.25, 0.3) is 5.91 Å². The molecule has 5 nitrogen and oxygen atoms in total. The van der Waals surface area contributed by atoms with E-state index in [4.69, 9.17) is 4.74 Å². The Morgan fingerprint density at radius 3 is 2.61 bits per heavy atom. The Kier molecular flexibility index (Phi) is 6.27. The van der Waals surface area contributed by atoms with Crippen molar-refractivity contribution in [1.29, 1.82) is 0 Å². The van der Waals surface area contributed by atoms with Gasteiger partial charge in [0, 0.05) is 18.4 Å². The highest BCUT2D eigenvalue weighted by molar-refractivity contribution is 6.04. The first-order valence-electron chi connectivity index (χ1n) is 9.34. The molecule has 1 heterocycles. The summed E-state index contributed by atoms with van der Waals surface area (Å²) in [7, 11) is 0. The molecule has 0 saturated heterocycles. The molecule has 28 heavy (non-hydrogen) atoms. The van der Waals surface area contributed by atoms with E-state index in [0.29, 0.717) is 23.7 Å². The van der Waals surface area contributed by atoms with Gasteiger partial charge in [-0.2, -0.15) is 0 Å². The zero-order valence-corrected chi connectivity index (χ0v) is 16.4. The highest BCUT2D eigenvalue weighted by Crippen LogP contribution is 2.25. The number of nitrogens with one attached hydrogen (secondary N) is 2. The van der Waals surface area contributed by atoms with Crippen molar-refractivity contribution in [2.24, 2.45) is 0 Å². The van der Waals surface area contributed by atoms with E-state index in [2.05, 4.69) is 34.7 Å². The molecule has 2 N–H and O–H groups in total. The highest BCUT2D eigenvalue weighted by atomic mass is 16.5. The predicted molar refractivity (Wildman–Crippen MR) is 113 cm³/mol. The van der Waals surface area contributed by atoms with Crippen molar-refractivity contribution in [3.63, 3.8) is 0 Å². The third-order valence-electron chi connectivity index (χ3n) is 4.23. The van der Waals surface area contributed by atoms with E-state index in [1.54, 1.807) is 12.3 Å². The number of anilines is 2. The molecule has 0 spiro atoms. The van der Waals surface area contributed by atoms with Gasteiger partial charge < -0.3 is 15.4 Å². The molecule has 3 aromatic rings. The second-order valence-electron chi connectivity index (χ2n) is 6.83. The van der Waals surface area contributed by atoms with Crippen LogP contribution < -0.4 is 15.4 Å². The van der Waals surface area contributed by atoms with Gasteiger partial charge >= 0.3 is 0 Å². The Balaban J connectivity index is 1.70. The number of para-hydroxylation sites is 2. The molecule has 2 aromatic carbocycles. The minimum absolute atomic E-state index is 0.0187. The number of amides is 1. The van der Waals surface area contributed by atoms with Gasteiger partial charge in [0.15, 0.2) is 0 Å². The molecule has 0 aliphatic heterocycles. The van der Waals surface area contributed by atoms with Crippen molar-refractivity contribution in [2.75, 3.05) is 10.6 Å². The van der Waals surface area contributed by atoms with Gasteiger partial charge in [-0.1, -0.05) is 36.4 Å². The Labute approximate surface area is 165 Å². The molecular formula is C23H25N3O2. The summed E-state index contributed by atoms with van der Waals surface area (Å²) in [5.41, 5.74) is 4.25. The summed E-state index contributed by atoms with van der Waals surface area (Å²) in [6.45, 7) is 6.66. The van der Waals surface area contributed by atoms with Crippen molar-refractivity contribution < 1.29 is 9.53 Å². The van der Waals surface area contributed by atoms with Gasteiger partial charge in [-0.05, 0) is 56.2 Å². The van der Waals surface area contributed by atoms with Crippen LogP contribution in [0.3, 0.4) is 0 Å². The maximum absolute atomic E-state index is 12.7. The molecule has 3 rings (SSSR count). The van der Waals surface area contributed by atoms with Crippen molar-refractivity contribution in [3.8, 4) is 5.75 Å². The van der Waals surface area contributed by atoms with Crippen molar-refractivity contribution in [2.45, 2.75) is 33.4 Å². The summed E-state index contributed by atoms with van der Waals surface area (Å²) in [5, 5.41) is 6.24. The maximum Gasteiger partial charge on any atom is 0.274 e. The van der Waals surface area contributed by atoms with Gasteiger partial charge in [0.05, 0.1) is 11.8 Å². The van der Waals surface area contributed by atoms with Crippen molar-refractivity contribution >= 4 is 17.3 Å². The first-order valence-corrected chi connectivity index (χ1v) is 9.34. The van der Waals surface area contributed by atoms with E-state index in [0.717, 1.165) is 5.69 Å². The fraction of sp³-hybridized carbons (Fsp3) is 0.217. The van der Waals surface area contributed by atoms with E-state index in [1.807, 2.05) is 56.3 Å². The summed E-state index contributed by atoms with van der Waals surface area (Å²) in [5.74, 6) is 0.360. The van der Waals surface area contributed by atoms with Gasteiger partial charge in [0.1, 0.15) is 11.4 Å². The lowest BCUT2D eigenvalue weighted by Gasteiger charge is -2.15. The molecule has 0 atom stereocenters. The standard InChI is InChI=1S/C23H25N3O2/c1-16(2)28-22-11-7-6-10-20(22)26-23(27)21-14-19(12-13-24-21)25-15-18-9-5-4-8-17(18)3/h4-14,16H,15H2,1-3H3,(H,24,25)(H,26,27). The number of nitrogens with zero attached hydrogens (tertiary/aromatic N) is 1. The number of ether oxygens (including phenoxy) is 1. The summed E-state index contributed by atoms with van der Waals surface area (Å²) in [6.07, 6.45) is 1.65. The molecule has 1 aromatic heterocycles. The van der Waals surface area contributed by atoms with Crippen molar-refractivity contribution in [1.82, 2.24) is 4.98 Å². The van der Waals surface area contributed by atoms with E-state index >= 15 is 0 Å². The molecular weight excluding hydrogens is 350 g/mol. The monoisotopic (exact) mass is 375 g/mol. The Morgan fingerprint density at radius 2 is 1.82 bits per heavy atom. The molecule has 0 fully saturated rings. The van der Waals surface area contributed by atoms with Gasteiger partial charge in [0.2, 0.25) is 0 Å². The first-order chi connectivity index (χ1) is 13.5. The van der Waals surface area contributed by atoms with Crippen LogP contribution in [0.25, 0.3) is 0 Å². The second-order valence-corrected chi connectivity index (χ2v) is 6.83. The SMILES string of the molecule is Cc1ccccc1CNc1ccnc(C(=O)Nc2ccccc2OC(C)C)c1. The van der Waals surface area contributed by atoms with Crippen molar-refractivity contribution in [3.05, 3.63) is 83.7 Å². The van der Waals surface area contributed by atoms with E-state index in [1.165, 1.54) is 11.1 Å². The largest absolute Gasteiger partial charge is 0.489 e. The van der Waals surface area contributed by atoms with Crippen LogP contribution >= 0.6 is 0 Å². The molecule has 144 valence electrons. The quantitative estimate of drug-likeness (QED) is 0.607. The molecule has 0 bridgehead atoms. The number of pyridine rings is 1. The Bertz CT molecular complexity index is 954. The maximum atomic E-state index is 12.7. The fourth-order valence-corrected chi connectivity index (χ4v) is 2.78. The van der Waals surface area contributed by atoms with Crippen LogP contribution in [0.5, 0.6) is 5.75 Å². The Morgan fingerprint density at radius 1 is 1.07 bits per heavy atom. The zero-order chi connectivity index (χ0) is 19.9. The lowest BCUT2D eigenvalue weighted by Crippen LogP contribution is -2.16.